The Morgan fingerprint density at radius 2 is 1.71 bits per heavy atom. The minimum atomic E-state index is -0.707. The van der Waals surface area contributed by atoms with E-state index in [9.17, 15) is 9.59 Å². The van der Waals surface area contributed by atoms with Gasteiger partial charge in [-0.3, -0.25) is 9.59 Å². The first kappa shape index (κ1) is 19.9. The Balaban J connectivity index is 1.46. The highest BCUT2D eigenvalue weighted by molar-refractivity contribution is 6.35. The third-order valence-corrected chi connectivity index (χ3v) is 4.67. The van der Waals surface area contributed by atoms with Crippen molar-refractivity contribution in [3.8, 4) is 5.75 Å². The maximum absolute atomic E-state index is 12.0. The SMILES string of the molecule is O=C(N/N=C\c1ccc(OCc2ccc(Cl)cc2)cc1)C(=O)N1CCCCC1. The normalized spacial score (nSPS) is 14.1. The highest BCUT2D eigenvalue weighted by atomic mass is 35.5. The number of benzene rings is 2. The van der Waals surface area contributed by atoms with Crippen molar-refractivity contribution in [2.24, 2.45) is 5.10 Å². The first-order valence-electron chi connectivity index (χ1n) is 9.21. The van der Waals surface area contributed by atoms with Gasteiger partial charge in [-0.15, -0.1) is 0 Å². The van der Waals surface area contributed by atoms with Crippen LogP contribution in [0.3, 0.4) is 0 Å². The average Bonchev–Trinajstić information content (AvgIpc) is 2.74. The van der Waals surface area contributed by atoms with Crippen molar-refractivity contribution in [1.82, 2.24) is 10.3 Å². The number of halogens is 1. The standard InChI is InChI=1S/C21H22ClN3O3/c22-18-8-4-17(5-9-18)15-28-19-10-6-16(7-11-19)14-23-24-20(26)21(27)25-12-2-1-3-13-25/h4-11,14H,1-3,12-13,15H2,(H,24,26)/b23-14-. The summed E-state index contributed by atoms with van der Waals surface area (Å²) in [6.45, 7) is 1.71. The van der Waals surface area contributed by atoms with Crippen molar-refractivity contribution in [2.45, 2.75) is 25.9 Å². The third-order valence-electron chi connectivity index (χ3n) is 4.42. The highest BCUT2D eigenvalue weighted by Gasteiger charge is 2.22. The summed E-state index contributed by atoms with van der Waals surface area (Å²) in [6, 6.07) is 14.7. The summed E-state index contributed by atoms with van der Waals surface area (Å²) in [6.07, 6.45) is 4.47. The molecule has 1 heterocycles. The zero-order chi connectivity index (χ0) is 19.8. The van der Waals surface area contributed by atoms with Gasteiger partial charge in [0.1, 0.15) is 12.4 Å². The Morgan fingerprint density at radius 1 is 1.04 bits per heavy atom. The summed E-state index contributed by atoms with van der Waals surface area (Å²) < 4.78 is 5.72. The number of rotatable bonds is 5. The molecule has 28 heavy (non-hydrogen) atoms. The molecule has 1 fully saturated rings. The molecule has 1 N–H and O–H groups in total. The van der Waals surface area contributed by atoms with Crippen LogP contribution in [0.5, 0.6) is 5.75 Å². The van der Waals surface area contributed by atoms with E-state index in [1.54, 1.807) is 4.90 Å². The maximum Gasteiger partial charge on any atom is 0.329 e. The lowest BCUT2D eigenvalue weighted by Crippen LogP contribution is -2.43. The molecular formula is C21H22ClN3O3. The molecule has 0 aromatic heterocycles. The van der Waals surface area contributed by atoms with Gasteiger partial charge < -0.3 is 9.64 Å². The third kappa shape index (κ3) is 5.82. The molecule has 0 bridgehead atoms. The molecule has 0 atom stereocenters. The summed E-state index contributed by atoms with van der Waals surface area (Å²) in [4.78, 5) is 25.5. The fraction of sp³-hybridized carbons (Fsp3) is 0.286. The summed E-state index contributed by atoms with van der Waals surface area (Å²) in [5, 5.41) is 4.56. The van der Waals surface area contributed by atoms with Gasteiger partial charge in [-0.25, -0.2) is 5.43 Å². The molecule has 0 unspecified atom stereocenters. The van der Waals surface area contributed by atoms with E-state index >= 15 is 0 Å². The van der Waals surface area contributed by atoms with E-state index in [-0.39, 0.29) is 0 Å². The number of hydrazone groups is 1. The number of likely N-dealkylation sites (tertiary alicyclic amines) is 1. The van der Waals surface area contributed by atoms with Gasteiger partial charge in [0, 0.05) is 18.1 Å². The molecule has 2 amide bonds. The molecule has 3 rings (SSSR count). The first-order chi connectivity index (χ1) is 13.6. The van der Waals surface area contributed by atoms with Gasteiger partial charge in [0.25, 0.3) is 0 Å². The van der Waals surface area contributed by atoms with Crippen LogP contribution in [-0.2, 0) is 16.2 Å². The lowest BCUT2D eigenvalue weighted by atomic mass is 10.1. The topological polar surface area (TPSA) is 71.0 Å². The second-order valence-corrected chi connectivity index (χ2v) is 6.97. The quantitative estimate of drug-likeness (QED) is 0.476. The number of hydrogen-bond donors (Lipinski definition) is 1. The van der Waals surface area contributed by atoms with Crippen LogP contribution in [0.4, 0.5) is 0 Å². The number of amides is 2. The second kappa shape index (κ2) is 9.90. The van der Waals surface area contributed by atoms with Crippen LogP contribution in [0.2, 0.25) is 5.02 Å². The molecule has 2 aromatic rings. The molecule has 1 aliphatic heterocycles. The van der Waals surface area contributed by atoms with E-state index in [4.69, 9.17) is 16.3 Å². The molecule has 1 aliphatic rings. The molecule has 0 radical (unpaired) electrons. The number of carbonyl (C=O) groups excluding carboxylic acids is 2. The predicted molar refractivity (Wildman–Crippen MR) is 108 cm³/mol. The molecule has 0 spiro atoms. The number of piperidine rings is 1. The number of nitrogens with zero attached hydrogens (tertiary/aromatic N) is 2. The van der Waals surface area contributed by atoms with Crippen LogP contribution < -0.4 is 10.2 Å². The fourth-order valence-corrected chi connectivity index (χ4v) is 2.98. The van der Waals surface area contributed by atoms with Crippen molar-refractivity contribution < 1.29 is 14.3 Å². The smallest absolute Gasteiger partial charge is 0.329 e. The van der Waals surface area contributed by atoms with Crippen molar-refractivity contribution in [3.63, 3.8) is 0 Å². The Bertz CT molecular complexity index is 829. The largest absolute Gasteiger partial charge is 0.489 e. The maximum atomic E-state index is 12.0. The van der Waals surface area contributed by atoms with E-state index in [1.165, 1.54) is 6.21 Å². The molecule has 2 aromatic carbocycles. The minimum Gasteiger partial charge on any atom is -0.489 e. The van der Waals surface area contributed by atoms with Crippen LogP contribution in [-0.4, -0.2) is 36.0 Å². The van der Waals surface area contributed by atoms with E-state index < -0.39 is 11.8 Å². The molecule has 146 valence electrons. The minimum absolute atomic E-state index is 0.444. The van der Waals surface area contributed by atoms with Gasteiger partial charge in [0.05, 0.1) is 6.21 Å². The Labute approximate surface area is 169 Å². The summed E-state index contributed by atoms with van der Waals surface area (Å²) >= 11 is 5.86. The van der Waals surface area contributed by atoms with Crippen LogP contribution in [0.15, 0.2) is 53.6 Å². The Hall–Kier alpha value is -2.86. The van der Waals surface area contributed by atoms with E-state index in [2.05, 4.69) is 10.5 Å². The summed E-state index contributed by atoms with van der Waals surface area (Å²) in [7, 11) is 0. The van der Waals surface area contributed by atoms with E-state index in [0.29, 0.717) is 24.7 Å². The van der Waals surface area contributed by atoms with Crippen LogP contribution >= 0.6 is 11.6 Å². The Kier molecular flexibility index (Phi) is 7.03. The number of nitrogens with one attached hydrogen (secondary N) is 1. The molecule has 0 saturated carbocycles. The van der Waals surface area contributed by atoms with Crippen LogP contribution in [0.25, 0.3) is 0 Å². The molecule has 7 heteroatoms. The van der Waals surface area contributed by atoms with E-state index in [1.807, 2.05) is 48.5 Å². The molecule has 6 nitrogen and oxygen atoms in total. The van der Waals surface area contributed by atoms with Gasteiger partial charge in [0.15, 0.2) is 0 Å². The van der Waals surface area contributed by atoms with Crippen molar-refractivity contribution >= 4 is 29.6 Å². The van der Waals surface area contributed by atoms with Crippen molar-refractivity contribution in [2.75, 3.05) is 13.1 Å². The van der Waals surface area contributed by atoms with Crippen LogP contribution in [0.1, 0.15) is 30.4 Å². The molecular weight excluding hydrogens is 378 g/mol. The van der Waals surface area contributed by atoms with Gasteiger partial charge in [0.2, 0.25) is 0 Å². The molecule has 1 saturated heterocycles. The molecule has 0 aliphatic carbocycles. The van der Waals surface area contributed by atoms with E-state index in [0.717, 1.165) is 36.1 Å². The lowest BCUT2D eigenvalue weighted by Gasteiger charge is -2.25. The average molecular weight is 400 g/mol. The lowest BCUT2D eigenvalue weighted by molar-refractivity contribution is -0.146. The van der Waals surface area contributed by atoms with Gasteiger partial charge in [-0.2, -0.15) is 5.10 Å². The van der Waals surface area contributed by atoms with Gasteiger partial charge in [-0.05, 0) is 66.8 Å². The number of hydrogen-bond acceptors (Lipinski definition) is 4. The van der Waals surface area contributed by atoms with Gasteiger partial charge >= 0.3 is 11.8 Å². The fourth-order valence-electron chi connectivity index (χ4n) is 2.85. The number of carbonyl (C=O) groups is 2. The summed E-state index contributed by atoms with van der Waals surface area (Å²) in [5.74, 6) is -0.514. The highest BCUT2D eigenvalue weighted by Crippen LogP contribution is 2.15. The predicted octanol–water partition coefficient (Wildman–Crippen LogP) is 3.38. The monoisotopic (exact) mass is 399 g/mol. The van der Waals surface area contributed by atoms with Gasteiger partial charge in [-0.1, -0.05) is 23.7 Å². The summed E-state index contributed by atoms with van der Waals surface area (Å²) in [5.41, 5.74) is 4.10. The second-order valence-electron chi connectivity index (χ2n) is 6.54. The number of ether oxygens (including phenoxy) is 1. The zero-order valence-corrected chi connectivity index (χ0v) is 16.2. The Morgan fingerprint density at radius 3 is 2.39 bits per heavy atom. The van der Waals surface area contributed by atoms with Crippen LogP contribution in [0, 0.1) is 0 Å². The van der Waals surface area contributed by atoms with Crippen molar-refractivity contribution in [1.29, 1.82) is 0 Å². The first-order valence-corrected chi connectivity index (χ1v) is 9.59. The van der Waals surface area contributed by atoms with Crippen molar-refractivity contribution in [3.05, 3.63) is 64.7 Å². The zero-order valence-electron chi connectivity index (χ0n) is 15.4.